The fourth-order valence-corrected chi connectivity index (χ4v) is 1.33. The summed E-state index contributed by atoms with van der Waals surface area (Å²) in [7, 11) is 0. The molecule has 0 spiro atoms. The normalized spacial score (nSPS) is 12.9. The van der Waals surface area contributed by atoms with Crippen LogP contribution < -0.4 is 11.1 Å². The molecule has 0 saturated heterocycles. The van der Waals surface area contributed by atoms with E-state index < -0.39 is 0 Å². The Morgan fingerprint density at radius 2 is 2.19 bits per heavy atom. The zero-order valence-corrected chi connectivity index (χ0v) is 9.48. The predicted octanol–water partition coefficient (Wildman–Crippen LogP) is 2.22. The molecule has 3 nitrogen and oxygen atoms in total. The molecule has 1 atom stereocenters. The number of aliphatic imine (C=N–C) groups is 1. The second-order valence-corrected chi connectivity index (χ2v) is 3.48. The lowest BCUT2D eigenvalue weighted by Crippen LogP contribution is -2.24. The zero-order chi connectivity index (χ0) is 11.8. The maximum atomic E-state index is 5.76. The molecule has 3 N–H and O–H groups in total. The van der Waals surface area contributed by atoms with Crippen LogP contribution in [0, 0.1) is 12.3 Å². The second-order valence-electron chi connectivity index (χ2n) is 3.48. The van der Waals surface area contributed by atoms with E-state index in [4.69, 9.17) is 12.2 Å². The van der Waals surface area contributed by atoms with Crippen molar-refractivity contribution in [1.82, 2.24) is 0 Å². The van der Waals surface area contributed by atoms with Crippen molar-refractivity contribution in [2.75, 3.05) is 5.32 Å². The van der Waals surface area contributed by atoms with E-state index in [2.05, 4.69) is 23.2 Å². The minimum atomic E-state index is -0.138. The van der Waals surface area contributed by atoms with Crippen LogP contribution in [0.2, 0.25) is 0 Å². The highest BCUT2D eigenvalue weighted by molar-refractivity contribution is 5.92. The van der Waals surface area contributed by atoms with Gasteiger partial charge in [0.05, 0.1) is 0 Å². The summed E-state index contributed by atoms with van der Waals surface area (Å²) in [5.41, 5.74) is 6.67. The summed E-state index contributed by atoms with van der Waals surface area (Å²) in [6.45, 7) is 2.07. The van der Waals surface area contributed by atoms with Crippen molar-refractivity contribution < 1.29 is 0 Å². The van der Waals surface area contributed by atoms with Crippen LogP contribution in [0.4, 0.5) is 5.69 Å². The molecule has 1 aromatic carbocycles. The number of benzene rings is 1. The second kappa shape index (κ2) is 6.52. The molecule has 0 aliphatic carbocycles. The van der Waals surface area contributed by atoms with Crippen LogP contribution in [-0.2, 0) is 0 Å². The number of nitrogens with zero attached hydrogens (tertiary/aromatic N) is 1. The summed E-state index contributed by atoms with van der Waals surface area (Å²) in [5.74, 6) is 2.98. The lowest BCUT2D eigenvalue weighted by molar-refractivity contribution is 0.722. The third kappa shape index (κ3) is 4.05. The molecule has 84 valence electrons. The molecular weight excluding hydrogens is 198 g/mol. The first-order chi connectivity index (χ1) is 7.76. The predicted molar refractivity (Wildman–Crippen MR) is 69.2 cm³/mol. The zero-order valence-electron chi connectivity index (χ0n) is 9.48. The summed E-state index contributed by atoms with van der Waals surface area (Å²) in [4.78, 5) is 4.23. The van der Waals surface area contributed by atoms with E-state index in [0.29, 0.717) is 5.96 Å². The number of para-hydroxylation sites is 1. The highest BCUT2D eigenvalue weighted by atomic mass is 15.1. The summed E-state index contributed by atoms with van der Waals surface area (Å²) in [6.07, 6.45) is 7.21. The van der Waals surface area contributed by atoms with E-state index in [1.54, 1.807) is 0 Å². The molecule has 0 radical (unpaired) electrons. The number of rotatable bonds is 4. The van der Waals surface area contributed by atoms with E-state index in [0.717, 1.165) is 18.5 Å². The Hall–Kier alpha value is -1.95. The summed E-state index contributed by atoms with van der Waals surface area (Å²) < 4.78 is 0. The fraction of sp³-hybridized carbons (Fsp3) is 0.308. The summed E-state index contributed by atoms with van der Waals surface area (Å²) >= 11 is 0. The van der Waals surface area contributed by atoms with Gasteiger partial charge in [0.2, 0.25) is 0 Å². The Bertz CT molecular complexity index is 376. The maximum absolute atomic E-state index is 5.76. The van der Waals surface area contributed by atoms with Crippen LogP contribution in [-0.4, -0.2) is 12.0 Å². The van der Waals surface area contributed by atoms with E-state index in [9.17, 15) is 0 Å². The Balaban J connectivity index is 2.61. The third-order valence-corrected chi connectivity index (χ3v) is 2.10. The van der Waals surface area contributed by atoms with Gasteiger partial charge >= 0.3 is 0 Å². The van der Waals surface area contributed by atoms with E-state index in [-0.39, 0.29) is 6.04 Å². The first kappa shape index (κ1) is 12.1. The Labute approximate surface area is 96.8 Å². The van der Waals surface area contributed by atoms with Gasteiger partial charge in [0, 0.05) is 5.69 Å². The molecule has 0 heterocycles. The van der Waals surface area contributed by atoms with Gasteiger partial charge in [-0.25, -0.2) is 4.99 Å². The molecule has 0 fully saturated rings. The molecule has 0 saturated carbocycles. The van der Waals surface area contributed by atoms with Crippen LogP contribution in [0.1, 0.15) is 19.8 Å². The molecule has 0 aliphatic rings. The van der Waals surface area contributed by atoms with Gasteiger partial charge in [-0.15, -0.1) is 6.42 Å². The van der Waals surface area contributed by atoms with Crippen molar-refractivity contribution >= 4 is 11.6 Å². The number of hydrogen-bond acceptors (Lipinski definition) is 1. The van der Waals surface area contributed by atoms with Crippen molar-refractivity contribution in [1.29, 1.82) is 0 Å². The number of terminal acetylenes is 1. The first-order valence-corrected chi connectivity index (χ1v) is 5.37. The maximum Gasteiger partial charge on any atom is 0.194 e. The fourth-order valence-electron chi connectivity index (χ4n) is 1.33. The number of nitrogens with one attached hydrogen (secondary N) is 1. The molecule has 0 aromatic heterocycles. The Morgan fingerprint density at radius 3 is 2.75 bits per heavy atom. The quantitative estimate of drug-likeness (QED) is 0.459. The average Bonchev–Trinajstić information content (AvgIpc) is 2.29. The topological polar surface area (TPSA) is 50.4 Å². The van der Waals surface area contributed by atoms with Gasteiger partial charge in [-0.1, -0.05) is 37.5 Å². The molecule has 0 amide bonds. The number of guanidine groups is 1. The van der Waals surface area contributed by atoms with Gasteiger partial charge < -0.3 is 11.1 Å². The van der Waals surface area contributed by atoms with Crippen molar-refractivity contribution in [3.63, 3.8) is 0 Å². The lowest BCUT2D eigenvalue weighted by Gasteiger charge is -2.08. The minimum Gasteiger partial charge on any atom is -0.370 e. The minimum absolute atomic E-state index is 0.138. The van der Waals surface area contributed by atoms with Crippen LogP contribution >= 0.6 is 0 Å². The molecule has 1 unspecified atom stereocenters. The van der Waals surface area contributed by atoms with E-state index in [1.807, 2.05) is 30.3 Å². The van der Waals surface area contributed by atoms with Crippen LogP contribution in [0.5, 0.6) is 0 Å². The highest BCUT2D eigenvalue weighted by Gasteiger charge is 2.01. The standard InChI is InChI=1S/C13H17N3/c1-3-8-11(4-2)15-13(14)16-12-9-6-5-7-10-12/h2,5-7,9-11H,3,8H2,1H3,(H3,14,15,16). The molecule has 3 heteroatoms. The first-order valence-electron chi connectivity index (χ1n) is 5.37. The van der Waals surface area contributed by atoms with Gasteiger partial charge in [-0.2, -0.15) is 0 Å². The smallest absolute Gasteiger partial charge is 0.194 e. The lowest BCUT2D eigenvalue weighted by atomic mass is 10.2. The Kier molecular flexibility index (Phi) is 4.94. The number of anilines is 1. The van der Waals surface area contributed by atoms with Crippen molar-refractivity contribution in [2.45, 2.75) is 25.8 Å². The van der Waals surface area contributed by atoms with Crippen molar-refractivity contribution in [3.05, 3.63) is 30.3 Å². The van der Waals surface area contributed by atoms with Crippen molar-refractivity contribution in [2.24, 2.45) is 10.7 Å². The summed E-state index contributed by atoms with van der Waals surface area (Å²) in [5, 5.41) is 3.00. The molecule has 16 heavy (non-hydrogen) atoms. The molecule has 1 rings (SSSR count). The highest BCUT2D eigenvalue weighted by Crippen LogP contribution is 2.05. The largest absolute Gasteiger partial charge is 0.370 e. The van der Waals surface area contributed by atoms with Gasteiger partial charge in [0.1, 0.15) is 6.04 Å². The van der Waals surface area contributed by atoms with Gasteiger partial charge in [0.25, 0.3) is 0 Å². The van der Waals surface area contributed by atoms with Gasteiger partial charge in [0.15, 0.2) is 5.96 Å². The number of nitrogens with two attached hydrogens (primary N) is 1. The van der Waals surface area contributed by atoms with Crippen LogP contribution in [0.15, 0.2) is 35.3 Å². The molecule has 0 bridgehead atoms. The third-order valence-electron chi connectivity index (χ3n) is 2.10. The molecular formula is C13H17N3. The number of hydrogen-bond donors (Lipinski definition) is 2. The molecule has 1 aromatic rings. The summed E-state index contributed by atoms with van der Waals surface area (Å²) in [6, 6.07) is 9.52. The van der Waals surface area contributed by atoms with Crippen molar-refractivity contribution in [3.8, 4) is 12.3 Å². The van der Waals surface area contributed by atoms with Gasteiger partial charge in [-0.05, 0) is 18.6 Å². The average molecular weight is 215 g/mol. The van der Waals surface area contributed by atoms with Crippen LogP contribution in [0.3, 0.4) is 0 Å². The SMILES string of the molecule is C#CC(CCC)N=C(N)Nc1ccccc1. The molecule has 0 aliphatic heterocycles. The Morgan fingerprint density at radius 1 is 1.50 bits per heavy atom. The van der Waals surface area contributed by atoms with Gasteiger partial charge in [-0.3, -0.25) is 0 Å². The van der Waals surface area contributed by atoms with E-state index in [1.165, 1.54) is 0 Å². The van der Waals surface area contributed by atoms with E-state index >= 15 is 0 Å². The van der Waals surface area contributed by atoms with Crippen LogP contribution in [0.25, 0.3) is 0 Å². The monoisotopic (exact) mass is 215 g/mol.